The van der Waals surface area contributed by atoms with Gasteiger partial charge in [-0.3, -0.25) is 4.98 Å². The van der Waals surface area contributed by atoms with Crippen molar-refractivity contribution in [3.8, 4) is 22.9 Å². The van der Waals surface area contributed by atoms with Crippen LogP contribution < -0.4 is 14.4 Å². The molecule has 0 amide bonds. The molecule has 3 aromatic rings. The topological polar surface area (TPSA) is 60.4 Å². The Morgan fingerprint density at radius 2 is 1.81 bits per heavy atom. The van der Waals surface area contributed by atoms with Gasteiger partial charge in [-0.25, -0.2) is 9.97 Å². The first-order chi connectivity index (χ1) is 12.7. The largest absolute Gasteiger partial charge is 0.454 e. The summed E-state index contributed by atoms with van der Waals surface area (Å²) in [4.78, 5) is 15.6. The third kappa shape index (κ3) is 3.31. The van der Waals surface area contributed by atoms with Gasteiger partial charge in [0.2, 0.25) is 6.79 Å². The van der Waals surface area contributed by atoms with Crippen LogP contribution in [0.15, 0.2) is 48.8 Å². The molecule has 26 heavy (non-hydrogen) atoms. The van der Waals surface area contributed by atoms with E-state index in [9.17, 15) is 0 Å². The van der Waals surface area contributed by atoms with Crippen molar-refractivity contribution in [2.75, 3.05) is 18.2 Å². The molecule has 6 heteroatoms. The fraction of sp³-hybridized carbons (Fsp3) is 0.250. The first-order valence-corrected chi connectivity index (χ1v) is 8.62. The maximum absolute atomic E-state index is 5.48. The van der Waals surface area contributed by atoms with Crippen LogP contribution in [-0.2, 0) is 6.54 Å². The summed E-state index contributed by atoms with van der Waals surface area (Å²) in [5.41, 5.74) is 3.05. The van der Waals surface area contributed by atoms with Crippen molar-refractivity contribution >= 4 is 5.82 Å². The van der Waals surface area contributed by atoms with Crippen molar-refractivity contribution in [1.29, 1.82) is 0 Å². The Bertz CT molecular complexity index is 915. The number of pyridine rings is 1. The van der Waals surface area contributed by atoms with Crippen LogP contribution in [0, 0.1) is 6.92 Å². The van der Waals surface area contributed by atoms with Crippen LogP contribution >= 0.6 is 0 Å². The molecule has 0 aliphatic carbocycles. The summed E-state index contributed by atoms with van der Waals surface area (Å²) in [6.07, 6.45) is 3.51. The number of hydrogen-bond donors (Lipinski definition) is 0. The quantitative estimate of drug-likeness (QED) is 0.702. The number of fused-ring (bicyclic) bond motifs is 1. The lowest BCUT2D eigenvalue weighted by Gasteiger charge is -2.23. The fourth-order valence-electron chi connectivity index (χ4n) is 2.96. The normalized spacial score (nSPS) is 12.2. The molecule has 2 aromatic heterocycles. The standard InChI is InChI=1S/C20H20N4O2/c1-3-24(12-15-4-5-17-18(11-15)26-13-25-17)19-10-14(2)22-20(23-19)16-6-8-21-9-7-16/h4-11H,3,12-13H2,1-2H3. The van der Waals surface area contributed by atoms with E-state index >= 15 is 0 Å². The van der Waals surface area contributed by atoms with Crippen molar-refractivity contribution < 1.29 is 9.47 Å². The zero-order valence-electron chi connectivity index (χ0n) is 14.8. The number of hydrogen-bond acceptors (Lipinski definition) is 6. The van der Waals surface area contributed by atoms with Gasteiger partial charge in [0.15, 0.2) is 17.3 Å². The Balaban J connectivity index is 1.63. The highest BCUT2D eigenvalue weighted by atomic mass is 16.7. The summed E-state index contributed by atoms with van der Waals surface area (Å²) in [5, 5.41) is 0. The zero-order valence-corrected chi connectivity index (χ0v) is 14.8. The van der Waals surface area contributed by atoms with E-state index in [1.54, 1.807) is 12.4 Å². The van der Waals surface area contributed by atoms with Gasteiger partial charge in [0.05, 0.1) is 0 Å². The number of anilines is 1. The van der Waals surface area contributed by atoms with Crippen LogP contribution in [-0.4, -0.2) is 28.3 Å². The lowest BCUT2D eigenvalue weighted by Crippen LogP contribution is -2.23. The molecule has 0 spiro atoms. The maximum atomic E-state index is 5.48. The molecule has 0 fully saturated rings. The van der Waals surface area contributed by atoms with Gasteiger partial charge in [-0.2, -0.15) is 0 Å². The molecule has 0 bridgehead atoms. The van der Waals surface area contributed by atoms with Crippen LogP contribution in [0.2, 0.25) is 0 Å². The average molecular weight is 348 g/mol. The van der Waals surface area contributed by atoms with Gasteiger partial charge in [-0.1, -0.05) is 6.07 Å². The van der Waals surface area contributed by atoms with Crippen molar-refractivity contribution in [2.24, 2.45) is 0 Å². The monoisotopic (exact) mass is 348 g/mol. The number of aryl methyl sites for hydroxylation is 1. The van der Waals surface area contributed by atoms with Crippen LogP contribution in [0.3, 0.4) is 0 Å². The molecule has 0 unspecified atom stereocenters. The van der Waals surface area contributed by atoms with E-state index in [1.165, 1.54) is 0 Å². The first kappa shape index (κ1) is 16.3. The van der Waals surface area contributed by atoms with E-state index in [-0.39, 0.29) is 6.79 Å². The lowest BCUT2D eigenvalue weighted by molar-refractivity contribution is 0.174. The molecule has 0 atom stereocenters. The summed E-state index contributed by atoms with van der Waals surface area (Å²) in [5.74, 6) is 3.22. The Kier molecular flexibility index (Phi) is 4.39. The van der Waals surface area contributed by atoms with Gasteiger partial charge in [0, 0.05) is 42.8 Å². The molecule has 0 radical (unpaired) electrons. The molecule has 3 heterocycles. The van der Waals surface area contributed by atoms with Gasteiger partial charge >= 0.3 is 0 Å². The molecule has 0 saturated carbocycles. The smallest absolute Gasteiger partial charge is 0.231 e. The van der Waals surface area contributed by atoms with Gasteiger partial charge in [-0.15, -0.1) is 0 Å². The highest BCUT2D eigenvalue weighted by Crippen LogP contribution is 2.33. The summed E-state index contributed by atoms with van der Waals surface area (Å²) in [6.45, 7) is 5.97. The molecule has 0 N–H and O–H groups in total. The van der Waals surface area contributed by atoms with Crippen molar-refractivity contribution in [2.45, 2.75) is 20.4 Å². The second-order valence-electron chi connectivity index (χ2n) is 6.13. The molecule has 4 rings (SSSR count). The molecule has 1 aliphatic heterocycles. The van der Waals surface area contributed by atoms with Crippen LogP contribution in [0.25, 0.3) is 11.4 Å². The average Bonchev–Trinajstić information content (AvgIpc) is 3.14. The van der Waals surface area contributed by atoms with Gasteiger partial charge in [0.25, 0.3) is 0 Å². The predicted molar refractivity (Wildman–Crippen MR) is 99.3 cm³/mol. The second-order valence-corrected chi connectivity index (χ2v) is 6.13. The minimum atomic E-state index is 0.288. The fourth-order valence-corrected chi connectivity index (χ4v) is 2.96. The number of nitrogens with zero attached hydrogens (tertiary/aromatic N) is 4. The molecule has 6 nitrogen and oxygen atoms in total. The van der Waals surface area contributed by atoms with E-state index in [0.717, 1.165) is 47.2 Å². The Morgan fingerprint density at radius 1 is 1.00 bits per heavy atom. The third-order valence-corrected chi connectivity index (χ3v) is 4.30. The molecule has 1 aliphatic rings. The van der Waals surface area contributed by atoms with Crippen molar-refractivity contribution in [3.05, 3.63) is 60.0 Å². The molecule has 132 valence electrons. The number of aromatic nitrogens is 3. The second kappa shape index (κ2) is 7.00. The SMILES string of the molecule is CCN(Cc1ccc2c(c1)OCO2)c1cc(C)nc(-c2ccncc2)n1. The van der Waals surface area contributed by atoms with Gasteiger partial charge in [-0.05, 0) is 43.7 Å². The van der Waals surface area contributed by atoms with E-state index in [0.29, 0.717) is 5.82 Å². The number of rotatable bonds is 5. The minimum absolute atomic E-state index is 0.288. The van der Waals surface area contributed by atoms with E-state index in [4.69, 9.17) is 14.5 Å². The summed E-state index contributed by atoms with van der Waals surface area (Å²) in [6, 6.07) is 11.9. The first-order valence-electron chi connectivity index (χ1n) is 8.62. The van der Waals surface area contributed by atoms with E-state index in [1.807, 2.05) is 37.3 Å². The minimum Gasteiger partial charge on any atom is -0.454 e. The summed E-state index contributed by atoms with van der Waals surface area (Å²) < 4.78 is 10.9. The summed E-state index contributed by atoms with van der Waals surface area (Å²) >= 11 is 0. The third-order valence-electron chi connectivity index (χ3n) is 4.30. The van der Waals surface area contributed by atoms with Crippen LogP contribution in [0.1, 0.15) is 18.2 Å². The summed E-state index contributed by atoms with van der Waals surface area (Å²) in [7, 11) is 0. The zero-order chi connectivity index (χ0) is 17.9. The van der Waals surface area contributed by atoms with Crippen LogP contribution in [0.4, 0.5) is 5.82 Å². The number of benzene rings is 1. The lowest BCUT2D eigenvalue weighted by atomic mass is 10.2. The Morgan fingerprint density at radius 3 is 2.62 bits per heavy atom. The molecule has 0 saturated heterocycles. The molecule has 1 aromatic carbocycles. The van der Waals surface area contributed by atoms with E-state index in [2.05, 4.69) is 27.9 Å². The molecular formula is C20H20N4O2. The van der Waals surface area contributed by atoms with Gasteiger partial charge < -0.3 is 14.4 Å². The van der Waals surface area contributed by atoms with E-state index < -0.39 is 0 Å². The maximum Gasteiger partial charge on any atom is 0.231 e. The predicted octanol–water partition coefficient (Wildman–Crippen LogP) is 3.60. The van der Waals surface area contributed by atoms with Crippen molar-refractivity contribution in [3.63, 3.8) is 0 Å². The van der Waals surface area contributed by atoms with Crippen molar-refractivity contribution in [1.82, 2.24) is 15.0 Å². The number of ether oxygens (including phenoxy) is 2. The van der Waals surface area contributed by atoms with Crippen LogP contribution in [0.5, 0.6) is 11.5 Å². The Labute approximate surface area is 152 Å². The van der Waals surface area contributed by atoms with Gasteiger partial charge in [0.1, 0.15) is 5.82 Å². The Hall–Kier alpha value is -3.15. The highest BCUT2D eigenvalue weighted by molar-refractivity contribution is 5.57. The highest BCUT2D eigenvalue weighted by Gasteiger charge is 2.16. The molecular weight excluding hydrogens is 328 g/mol.